The van der Waals surface area contributed by atoms with Gasteiger partial charge in [0.1, 0.15) is 0 Å². The van der Waals surface area contributed by atoms with E-state index in [4.69, 9.17) is 28.8 Å². The van der Waals surface area contributed by atoms with Crippen LogP contribution < -0.4 is 10.4 Å². The van der Waals surface area contributed by atoms with Crippen LogP contribution in [-0.2, 0) is 28.8 Å². The monoisotopic (exact) mass is 1070 g/mol. The van der Waals surface area contributed by atoms with E-state index in [2.05, 4.69) is 6.92 Å². The zero-order valence-corrected chi connectivity index (χ0v) is 46.7. The lowest BCUT2D eigenvalue weighted by Gasteiger charge is -2.42. The predicted molar refractivity (Wildman–Crippen MR) is 299 cm³/mol. The van der Waals surface area contributed by atoms with Gasteiger partial charge in [0, 0.05) is 0 Å². The Hall–Kier alpha value is 0.0888. The molecule has 0 radical (unpaired) electrons. The van der Waals surface area contributed by atoms with E-state index in [-0.39, 0.29) is 59.4 Å². The Labute approximate surface area is 402 Å². The fraction of sp³-hybridized carbons (Fsp3) is 0.700. The molecule has 0 aliphatic rings. The van der Waals surface area contributed by atoms with E-state index < -0.39 is 85.6 Å². The Kier molecular flexibility index (Phi) is 42.2. The summed E-state index contributed by atoms with van der Waals surface area (Å²) in [6.45, 7) is 32.1. The first kappa shape index (κ1) is 83.1. The minimum absolute atomic E-state index is 0. The third-order valence-electron chi connectivity index (χ3n) is 6.21. The van der Waals surface area contributed by atoms with E-state index >= 15 is 0 Å². The van der Waals surface area contributed by atoms with E-state index in [1.54, 1.807) is 78.6 Å². The number of rotatable bonds is 18. The van der Waals surface area contributed by atoms with Crippen molar-refractivity contribution < 1.29 is 57.6 Å². The van der Waals surface area contributed by atoms with Crippen LogP contribution >= 0.6 is 0 Å². The summed E-state index contributed by atoms with van der Waals surface area (Å²) in [5.74, 6) is 0. The number of hydrogen-bond donors (Lipinski definition) is 6. The first-order chi connectivity index (χ1) is 24.2. The fourth-order valence-corrected chi connectivity index (χ4v) is 41.8. The van der Waals surface area contributed by atoms with E-state index in [1.807, 2.05) is 93.4 Å². The number of benzene rings is 2. The average molecular weight is 1080 g/mol. The highest BCUT2D eigenvalue weighted by Crippen LogP contribution is 2.25. The van der Waals surface area contributed by atoms with Crippen molar-refractivity contribution in [2.45, 2.75) is 190 Å². The maximum Gasteiger partial charge on any atom is 0.389 e. The van der Waals surface area contributed by atoms with Crippen molar-refractivity contribution in [3.63, 3.8) is 0 Å². The zero-order valence-electron chi connectivity index (χ0n) is 36.7. The molecule has 0 aliphatic carbocycles. The van der Waals surface area contributed by atoms with Crippen LogP contribution in [0.1, 0.15) is 72.8 Å². The van der Waals surface area contributed by atoms with Crippen LogP contribution in [-0.4, -0.2) is 114 Å². The van der Waals surface area contributed by atoms with Gasteiger partial charge in [0.25, 0.3) is 0 Å². The zero-order chi connectivity index (χ0) is 43.6. The Bertz CT molecular complexity index is 1320. The second-order valence-electron chi connectivity index (χ2n) is 17.4. The van der Waals surface area contributed by atoms with Gasteiger partial charge in [-0.2, -0.15) is 0 Å². The molecule has 0 saturated heterocycles. The number of hydrogen-bond acceptors (Lipinski definition) is 13. The summed E-state index contributed by atoms with van der Waals surface area (Å²) in [7, 11) is -26.8. The van der Waals surface area contributed by atoms with Crippen molar-refractivity contribution in [1.82, 2.24) is 0 Å². The third-order valence-corrected chi connectivity index (χ3v) is 35.4. The molecule has 23 heteroatoms. The summed E-state index contributed by atoms with van der Waals surface area (Å²) < 4.78 is 41.6. The topological polar surface area (TPSA) is 186 Å². The first-order valence-electron chi connectivity index (χ1n) is 18.6. The molecule has 2 rings (SSSR count). The maximum atomic E-state index is 10.7. The molecule has 0 atom stereocenters. The van der Waals surface area contributed by atoms with Gasteiger partial charge in [0.05, 0.1) is 0 Å². The summed E-state index contributed by atoms with van der Waals surface area (Å²) >= 11 is 0. The van der Waals surface area contributed by atoms with Gasteiger partial charge in [-0.25, -0.2) is 0 Å². The van der Waals surface area contributed by atoms with Gasteiger partial charge < -0.3 is 57.6 Å². The Morgan fingerprint density at radius 2 is 0.556 bits per heavy atom. The van der Waals surface area contributed by atoms with Gasteiger partial charge >= 0.3 is 85.6 Å². The Balaban J connectivity index is -0.000000101. The molecule has 0 amide bonds. The summed E-state index contributed by atoms with van der Waals surface area (Å²) in [5.41, 5.74) is 0. The van der Waals surface area contributed by atoms with Crippen LogP contribution in [0.2, 0.25) is 117 Å². The van der Waals surface area contributed by atoms with Crippen molar-refractivity contribution in [3.05, 3.63) is 60.7 Å². The lowest BCUT2D eigenvalue weighted by atomic mass is 10.4. The highest BCUT2D eigenvalue weighted by atomic mass is 28.5. The van der Waals surface area contributed by atoms with E-state index in [9.17, 15) is 28.8 Å². The Morgan fingerprint density at radius 1 is 0.333 bits per heavy atom. The van der Waals surface area contributed by atoms with Crippen LogP contribution in [0.5, 0.6) is 0 Å². The average Bonchev–Trinajstić information content (AvgIpc) is 2.87. The van der Waals surface area contributed by atoms with E-state index in [0.717, 1.165) is 22.8 Å². The minimum atomic E-state index is -3.26. The van der Waals surface area contributed by atoms with Gasteiger partial charge in [0.15, 0.2) is 0 Å². The maximum absolute atomic E-state index is 10.7. The minimum Gasteiger partial charge on any atom is -0.416 e. The molecule has 0 aliphatic heterocycles. The van der Waals surface area contributed by atoms with Crippen LogP contribution in [0, 0.1) is 0 Å². The highest BCUT2D eigenvalue weighted by molar-refractivity contribution is 7.01. The molecule has 0 bridgehead atoms. The van der Waals surface area contributed by atoms with Crippen molar-refractivity contribution in [2.24, 2.45) is 0 Å². The molecule has 0 saturated carbocycles. The van der Waals surface area contributed by atoms with Gasteiger partial charge in [0.2, 0.25) is 0 Å². The molecule has 0 aromatic heterocycles. The quantitative estimate of drug-likeness (QED) is 0.0776. The summed E-state index contributed by atoms with van der Waals surface area (Å²) in [6.07, 6.45) is 0.942. The van der Waals surface area contributed by atoms with Gasteiger partial charge in [-0.05, 0) is 128 Å². The molecular weight excluding hydrogens is 969 g/mol. The second-order valence-corrected chi connectivity index (χ2v) is 51.3. The second kappa shape index (κ2) is 32.0. The Morgan fingerprint density at radius 3 is 0.762 bits per heavy atom. The fourth-order valence-electron chi connectivity index (χ4n) is 5.92. The summed E-state index contributed by atoms with van der Waals surface area (Å²) in [5, 5.41) is 1.82. The summed E-state index contributed by atoms with van der Waals surface area (Å²) in [4.78, 5) is 59.7. The van der Waals surface area contributed by atoms with Gasteiger partial charge in [-0.15, -0.1) is 0 Å². The van der Waals surface area contributed by atoms with Crippen molar-refractivity contribution in [1.29, 1.82) is 0 Å². The van der Waals surface area contributed by atoms with E-state index in [1.165, 1.54) is 0 Å². The van der Waals surface area contributed by atoms with Crippen molar-refractivity contribution in [3.8, 4) is 0 Å². The predicted octanol–water partition coefficient (Wildman–Crippen LogP) is 10.5. The first-order valence-corrected chi connectivity index (χ1v) is 45.7. The lowest BCUT2D eigenvalue weighted by Crippen LogP contribution is -2.71. The third kappa shape index (κ3) is 40.8. The molecule has 0 unspecified atom stereocenters. The highest BCUT2D eigenvalue weighted by Gasteiger charge is 2.52. The molecular formula is C40H106O13Si10. The molecule has 0 fully saturated rings. The van der Waals surface area contributed by atoms with Crippen molar-refractivity contribution in [2.75, 3.05) is 0 Å². The van der Waals surface area contributed by atoms with Crippen LogP contribution in [0.15, 0.2) is 60.7 Å². The molecule has 63 heavy (non-hydrogen) atoms. The standard InChI is InChI=1S/C18H30O5Si4.C8H24O4Si3.C6H20O4Si3.8CH4/c1-24(2,19)21-26(5,6)23-27(22-25(3,4)20,17-13-9-7-10-14-17)18-15-11-8-12-16-18;1-7-8-15(6,11-13(2,3)9)12-14(4,5)10;1-11(2,7)9-13(5,6)10-12(3,4)8;;;;;;;;/h7-16,19-20H,1-6H3;9-10H,7-8H2,1-6H3;7-8H,1-6H3;8*1H4. The molecule has 0 heterocycles. The lowest BCUT2D eigenvalue weighted by molar-refractivity contribution is 0.284. The molecule has 6 N–H and O–H groups in total. The SMILES string of the molecule is C.C.C.C.C.C.C.C.CCC[Si](C)(O[Si](C)(C)O)O[Si](C)(C)O.C[Si](C)(O)O[Si](C)(C)O[Si](C)(C)O.C[Si](C)(O)O[Si](C)(C)O[Si](O[Si](C)(C)O)(c1ccccc1)c1ccccc1. The molecule has 13 nitrogen and oxygen atoms in total. The van der Waals surface area contributed by atoms with Crippen LogP contribution in [0.4, 0.5) is 0 Å². The van der Waals surface area contributed by atoms with Gasteiger partial charge in [-0.1, -0.05) is 133 Å². The molecule has 2 aromatic carbocycles. The van der Waals surface area contributed by atoms with Crippen LogP contribution in [0.25, 0.3) is 0 Å². The smallest absolute Gasteiger partial charge is 0.389 e. The van der Waals surface area contributed by atoms with Crippen LogP contribution in [0.3, 0.4) is 0 Å². The summed E-state index contributed by atoms with van der Waals surface area (Å²) in [6, 6.07) is 20.4. The molecule has 2 aromatic rings. The van der Waals surface area contributed by atoms with Crippen molar-refractivity contribution >= 4 is 96.0 Å². The van der Waals surface area contributed by atoms with E-state index in [0.29, 0.717) is 0 Å². The normalized spacial score (nSPS) is 12.3. The molecule has 0 spiro atoms. The largest absolute Gasteiger partial charge is 0.416 e. The van der Waals surface area contributed by atoms with Gasteiger partial charge in [-0.3, -0.25) is 0 Å². The molecule has 384 valence electrons.